The number of anilines is 3. The zero-order valence-electron chi connectivity index (χ0n) is 15.4. The highest BCUT2D eigenvalue weighted by Crippen LogP contribution is 2.32. The number of nitrogens with one attached hydrogen (secondary N) is 3. The summed E-state index contributed by atoms with van der Waals surface area (Å²) >= 11 is 5.86. The van der Waals surface area contributed by atoms with Gasteiger partial charge < -0.3 is 16.0 Å². The standard InChI is InChI=1S/C20H19ClFN5O/c1-12-14(26-17(28)7-4-10-23-2)8-9-15-18(12)20(25-11-24-15)27-16-6-3-5-13(21)19(16)22/h3-9,11,23H,10H2,1-2H3,(H,26,28)(H,24,25,27)/b7-4+. The van der Waals surface area contributed by atoms with Crippen LogP contribution >= 0.6 is 11.6 Å². The normalized spacial score (nSPS) is 11.1. The molecule has 0 unspecified atom stereocenters. The van der Waals surface area contributed by atoms with Crippen molar-refractivity contribution in [3.8, 4) is 0 Å². The zero-order chi connectivity index (χ0) is 20.1. The Kier molecular flexibility index (Phi) is 6.18. The number of halogens is 2. The summed E-state index contributed by atoms with van der Waals surface area (Å²) < 4.78 is 14.3. The van der Waals surface area contributed by atoms with Gasteiger partial charge in [0.05, 0.1) is 16.2 Å². The number of nitrogens with zero attached hydrogens (tertiary/aromatic N) is 2. The van der Waals surface area contributed by atoms with E-state index >= 15 is 0 Å². The SMILES string of the molecule is CNC/C=C/C(=O)Nc1ccc2ncnc(Nc3cccc(Cl)c3F)c2c1C. The molecule has 0 radical (unpaired) electrons. The summed E-state index contributed by atoms with van der Waals surface area (Å²) in [5, 5.41) is 9.44. The number of aryl methyl sites for hydroxylation is 1. The largest absolute Gasteiger partial charge is 0.337 e. The lowest BCUT2D eigenvalue weighted by molar-refractivity contribution is -0.111. The minimum absolute atomic E-state index is 0.0152. The van der Waals surface area contributed by atoms with Crippen LogP contribution in [0.25, 0.3) is 10.9 Å². The number of aromatic nitrogens is 2. The maximum absolute atomic E-state index is 14.3. The van der Waals surface area contributed by atoms with Crippen LogP contribution < -0.4 is 16.0 Å². The minimum Gasteiger partial charge on any atom is -0.337 e. The van der Waals surface area contributed by atoms with Crippen LogP contribution in [-0.2, 0) is 4.79 Å². The van der Waals surface area contributed by atoms with Gasteiger partial charge in [-0.1, -0.05) is 23.7 Å². The fourth-order valence-corrected chi connectivity index (χ4v) is 2.91. The molecule has 1 heterocycles. The van der Waals surface area contributed by atoms with E-state index in [1.54, 1.807) is 37.4 Å². The molecule has 0 spiro atoms. The van der Waals surface area contributed by atoms with Crippen molar-refractivity contribution in [1.29, 1.82) is 0 Å². The molecule has 0 aliphatic heterocycles. The number of carbonyl (C=O) groups excluding carboxylic acids is 1. The van der Waals surface area contributed by atoms with Gasteiger partial charge in [0.1, 0.15) is 12.1 Å². The third-order valence-electron chi connectivity index (χ3n) is 4.12. The molecule has 2 aromatic carbocycles. The first-order chi connectivity index (χ1) is 13.5. The van der Waals surface area contributed by atoms with Crippen molar-refractivity contribution in [3.05, 3.63) is 65.2 Å². The van der Waals surface area contributed by atoms with Gasteiger partial charge in [-0.15, -0.1) is 0 Å². The average Bonchev–Trinajstić information content (AvgIpc) is 2.68. The predicted molar refractivity (Wildman–Crippen MR) is 111 cm³/mol. The van der Waals surface area contributed by atoms with Crippen LogP contribution in [0.5, 0.6) is 0 Å². The Morgan fingerprint density at radius 1 is 1.21 bits per heavy atom. The number of hydrogen-bond acceptors (Lipinski definition) is 5. The fraction of sp³-hybridized carbons (Fsp3) is 0.150. The lowest BCUT2D eigenvalue weighted by atomic mass is 10.1. The van der Waals surface area contributed by atoms with Crippen molar-refractivity contribution in [2.75, 3.05) is 24.2 Å². The second kappa shape index (κ2) is 8.77. The summed E-state index contributed by atoms with van der Waals surface area (Å²) in [5.74, 6) is -0.386. The Morgan fingerprint density at radius 2 is 2.04 bits per heavy atom. The first-order valence-corrected chi connectivity index (χ1v) is 8.96. The summed E-state index contributed by atoms with van der Waals surface area (Å²) in [6.07, 6.45) is 4.58. The molecule has 1 aromatic heterocycles. The molecule has 144 valence electrons. The average molecular weight is 400 g/mol. The molecule has 0 saturated heterocycles. The molecule has 3 aromatic rings. The summed E-state index contributed by atoms with van der Waals surface area (Å²) in [6.45, 7) is 2.44. The number of amides is 1. The Balaban J connectivity index is 1.98. The van der Waals surface area contributed by atoms with Gasteiger partial charge in [0.2, 0.25) is 5.91 Å². The van der Waals surface area contributed by atoms with E-state index in [2.05, 4.69) is 25.9 Å². The molecular weight excluding hydrogens is 381 g/mol. The van der Waals surface area contributed by atoms with Crippen LogP contribution in [0.3, 0.4) is 0 Å². The molecule has 0 bridgehead atoms. The summed E-state index contributed by atoms with van der Waals surface area (Å²) in [6, 6.07) is 8.24. The Morgan fingerprint density at radius 3 is 2.82 bits per heavy atom. The van der Waals surface area contributed by atoms with Crippen LogP contribution in [0, 0.1) is 12.7 Å². The quantitative estimate of drug-likeness (QED) is 0.542. The maximum atomic E-state index is 14.3. The number of hydrogen-bond donors (Lipinski definition) is 3. The number of carbonyl (C=O) groups is 1. The van der Waals surface area contributed by atoms with Crippen molar-refractivity contribution < 1.29 is 9.18 Å². The lowest BCUT2D eigenvalue weighted by Gasteiger charge is -2.14. The van der Waals surface area contributed by atoms with Crippen LogP contribution in [0.1, 0.15) is 5.56 Å². The second-order valence-corrected chi connectivity index (χ2v) is 6.44. The molecule has 0 fully saturated rings. The summed E-state index contributed by atoms with van der Waals surface area (Å²) in [7, 11) is 1.80. The molecule has 28 heavy (non-hydrogen) atoms. The third kappa shape index (κ3) is 4.27. The molecule has 0 aliphatic carbocycles. The van der Waals surface area contributed by atoms with Crippen molar-refractivity contribution in [2.24, 2.45) is 0 Å². The van der Waals surface area contributed by atoms with Gasteiger partial charge in [0.25, 0.3) is 0 Å². The first kappa shape index (κ1) is 19.7. The van der Waals surface area contributed by atoms with E-state index in [0.717, 1.165) is 5.56 Å². The molecule has 3 N–H and O–H groups in total. The van der Waals surface area contributed by atoms with Crippen molar-refractivity contribution >= 4 is 45.6 Å². The molecule has 0 aliphatic rings. The highest BCUT2D eigenvalue weighted by molar-refractivity contribution is 6.31. The van der Waals surface area contributed by atoms with Gasteiger partial charge >= 0.3 is 0 Å². The van der Waals surface area contributed by atoms with E-state index < -0.39 is 5.82 Å². The highest BCUT2D eigenvalue weighted by Gasteiger charge is 2.14. The van der Waals surface area contributed by atoms with E-state index in [9.17, 15) is 9.18 Å². The first-order valence-electron chi connectivity index (χ1n) is 8.58. The van der Waals surface area contributed by atoms with E-state index in [1.165, 1.54) is 18.5 Å². The highest BCUT2D eigenvalue weighted by atomic mass is 35.5. The van der Waals surface area contributed by atoms with Crippen LogP contribution in [0.15, 0.2) is 48.8 Å². The van der Waals surface area contributed by atoms with Crippen LogP contribution in [0.4, 0.5) is 21.6 Å². The molecular formula is C20H19ClFN5O. The van der Waals surface area contributed by atoms with E-state index in [-0.39, 0.29) is 16.6 Å². The maximum Gasteiger partial charge on any atom is 0.248 e. The molecule has 8 heteroatoms. The van der Waals surface area contributed by atoms with Crippen molar-refractivity contribution in [1.82, 2.24) is 15.3 Å². The Labute approximate surface area is 166 Å². The fourth-order valence-electron chi connectivity index (χ4n) is 2.73. The monoisotopic (exact) mass is 399 g/mol. The Bertz CT molecular complexity index is 1050. The van der Waals surface area contributed by atoms with Crippen LogP contribution in [-0.4, -0.2) is 29.5 Å². The molecule has 1 amide bonds. The number of rotatable bonds is 6. The minimum atomic E-state index is -0.562. The topological polar surface area (TPSA) is 78.9 Å². The van der Waals surface area contributed by atoms with Crippen LogP contribution in [0.2, 0.25) is 5.02 Å². The summed E-state index contributed by atoms with van der Waals surface area (Å²) in [4.78, 5) is 20.6. The number of likely N-dealkylation sites (N-methyl/N-ethyl adjacent to an activating group) is 1. The second-order valence-electron chi connectivity index (χ2n) is 6.03. The van der Waals surface area contributed by atoms with Crippen molar-refractivity contribution in [2.45, 2.75) is 6.92 Å². The Hall–Kier alpha value is -3.03. The molecule has 0 saturated carbocycles. The van der Waals surface area contributed by atoms with Gasteiger partial charge in [0, 0.05) is 23.7 Å². The third-order valence-corrected chi connectivity index (χ3v) is 4.41. The van der Waals surface area contributed by atoms with Gasteiger partial charge in [-0.25, -0.2) is 14.4 Å². The molecule has 6 nitrogen and oxygen atoms in total. The van der Waals surface area contributed by atoms with Gasteiger partial charge in [-0.05, 0) is 43.8 Å². The van der Waals surface area contributed by atoms with Gasteiger partial charge in [0.15, 0.2) is 5.82 Å². The van der Waals surface area contributed by atoms with Gasteiger partial charge in [-0.2, -0.15) is 0 Å². The molecule has 3 rings (SSSR count). The number of fused-ring (bicyclic) bond motifs is 1. The lowest BCUT2D eigenvalue weighted by Crippen LogP contribution is -2.11. The van der Waals surface area contributed by atoms with Gasteiger partial charge in [-0.3, -0.25) is 4.79 Å². The predicted octanol–water partition coefficient (Wildman–Crippen LogP) is 4.19. The van der Waals surface area contributed by atoms with E-state index in [0.29, 0.717) is 29.0 Å². The summed E-state index contributed by atoms with van der Waals surface area (Å²) in [5.41, 5.74) is 2.26. The molecule has 0 atom stereocenters. The zero-order valence-corrected chi connectivity index (χ0v) is 16.1. The van der Waals surface area contributed by atoms with Crippen molar-refractivity contribution in [3.63, 3.8) is 0 Å². The van der Waals surface area contributed by atoms with E-state index in [1.807, 2.05) is 6.92 Å². The smallest absolute Gasteiger partial charge is 0.248 e. The number of benzene rings is 2. The van der Waals surface area contributed by atoms with E-state index in [4.69, 9.17) is 11.6 Å².